The van der Waals surface area contributed by atoms with Crippen LogP contribution >= 0.6 is 11.3 Å². The lowest BCUT2D eigenvalue weighted by atomic mass is 10.2. The third-order valence-corrected chi connectivity index (χ3v) is 4.37. The molecule has 0 saturated carbocycles. The first-order valence-corrected chi connectivity index (χ1v) is 8.58. The SMILES string of the molecule is Cc1ccccc1OCCCN(C)C(=O)c1csc(CCN)n1. The third kappa shape index (κ3) is 5.04. The van der Waals surface area contributed by atoms with E-state index in [0.717, 1.165) is 22.7 Å². The van der Waals surface area contributed by atoms with Gasteiger partial charge in [0.15, 0.2) is 0 Å². The maximum Gasteiger partial charge on any atom is 0.273 e. The second kappa shape index (κ2) is 8.64. The topological polar surface area (TPSA) is 68.5 Å². The summed E-state index contributed by atoms with van der Waals surface area (Å²) in [7, 11) is 1.79. The molecule has 0 unspecified atom stereocenters. The van der Waals surface area contributed by atoms with Crippen LogP contribution < -0.4 is 10.5 Å². The highest BCUT2D eigenvalue weighted by Gasteiger charge is 2.15. The second-order valence-corrected chi connectivity index (χ2v) is 6.30. The zero-order valence-corrected chi connectivity index (χ0v) is 14.4. The summed E-state index contributed by atoms with van der Waals surface area (Å²) in [5, 5.41) is 2.71. The number of ether oxygens (including phenoxy) is 1. The number of carbonyl (C=O) groups is 1. The molecule has 2 aromatic rings. The molecule has 0 bridgehead atoms. The molecule has 0 saturated heterocycles. The normalized spacial score (nSPS) is 10.6. The molecule has 2 rings (SSSR count). The van der Waals surface area contributed by atoms with E-state index in [4.69, 9.17) is 10.5 Å². The van der Waals surface area contributed by atoms with Gasteiger partial charge in [0.05, 0.1) is 11.6 Å². The largest absolute Gasteiger partial charge is 0.493 e. The third-order valence-electron chi connectivity index (χ3n) is 3.46. The molecule has 0 spiro atoms. The summed E-state index contributed by atoms with van der Waals surface area (Å²) in [4.78, 5) is 18.3. The summed E-state index contributed by atoms with van der Waals surface area (Å²) in [6.07, 6.45) is 1.49. The van der Waals surface area contributed by atoms with Crippen molar-refractivity contribution in [2.24, 2.45) is 5.73 Å². The van der Waals surface area contributed by atoms with Crippen LogP contribution in [0.1, 0.15) is 27.5 Å². The maximum atomic E-state index is 12.3. The Morgan fingerprint density at radius 1 is 1.39 bits per heavy atom. The number of rotatable bonds is 8. The molecular formula is C17H23N3O2S. The van der Waals surface area contributed by atoms with Crippen LogP contribution in [0.3, 0.4) is 0 Å². The van der Waals surface area contributed by atoms with Gasteiger partial charge in [-0.1, -0.05) is 18.2 Å². The number of para-hydroxylation sites is 1. The van der Waals surface area contributed by atoms with Crippen LogP contribution in [0, 0.1) is 6.92 Å². The summed E-state index contributed by atoms with van der Waals surface area (Å²) in [5.74, 6) is 0.841. The minimum absolute atomic E-state index is 0.0552. The van der Waals surface area contributed by atoms with E-state index in [-0.39, 0.29) is 5.91 Å². The Morgan fingerprint density at radius 3 is 2.91 bits per heavy atom. The molecular weight excluding hydrogens is 310 g/mol. The molecule has 1 aromatic carbocycles. The van der Waals surface area contributed by atoms with Gasteiger partial charge in [0.2, 0.25) is 0 Å². The van der Waals surface area contributed by atoms with Crippen LogP contribution in [-0.4, -0.2) is 42.5 Å². The highest BCUT2D eigenvalue weighted by Crippen LogP contribution is 2.16. The van der Waals surface area contributed by atoms with Gasteiger partial charge in [-0.3, -0.25) is 4.79 Å². The van der Waals surface area contributed by atoms with Crippen molar-refractivity contribution in [3.05, 3.63) is 45.9 Å². The van der Waals surface area contributed by atoms with Crippen molar-refractivity contribution >= 4 is 17.2 Å². The van der Waals surface area contributed by atoms with Gasteiger partial charge < -0.3 is 15.4 Å². The first-order valence-electron chi connectivity index (χ1n) is 7.70. The van der Waals surface area contributed by atoms with Crippen molar-refractivity contribution in [3.63, 3.8) is 0 Å². The molecule has 0 atom stereocenters. The van der Waals surface area contributed by atoms with Crippen molar-refractivity contribution in [1.82, 2.24) is 9.88 Å². The van der Waals surface area contributed by atoms with Gasteiger partial charge in [0, 0.05) is 25.4 Å². The van der Waals surface area contributed by atoms with Crippen molar-refractivity contribution < 1.29 is 9.53 Å². The predicted octanol–water partition coefficient (Wildman–Crippen LogP) is 2.49. The lowest BCUT2D eigenvalue weighted by Crippen LogP contribution is -2.29. The van der Waals surface area contributed by atoms with Gasteiger partial charge in [-0.05, 0) is 31.5 Å². The fourth-order valence-electron chi connectivity index (χ4n) is 2.15. The molecule has 23 heavy (non-hydrogen) atoms. The highest BCUT2D eigenvalue weighted by atomic mass is 32.1. The number of nitrogens with two attached hydrogens (primary N) is 1. The number of hydrogen-bond donors (Lipinski definition) is 1. The Bertz CT molecular complexity index is 642. The van der Waals surface area contributed by atoms with Crippen LogP contribution in [0.15, 0.2) is 29.6 Å². The summed E-state index contributed by atoms with van der Waals surface area (Å²) in [6.45, 7) is 3.78. The predicted molar refractivity (Wildman–Crippen MR) is 93.1 cm³/mol. The number of carbonyl (C=O) groups excluding carboxylic acids is 1. The minimum Gasteiger partial charge on any atom is -0.493 e. The van der Waals surface area contributed by atoms with Gasteiger partial charge in [0.25, 0.3) is 5.91 Å². The molecule has 0 aliphatic carbocycles. The smallest absolute Gasteiger partial charge is 0.273 e. The average Bonchev–Trinajstić information content (AvgIpc) is 3.01. The fourth-order valence-corrected chi connectivity index (χ4v) is 2.93. The lowest BCUT2D eigenvalue weighted by Gasteiger charge is -2.16. The molecule has 0 radical (unpaired) electrons. The quantitative estimate of drug-likeness (QED) is 0.754. The van der Waals surface area contributed by atoms with Crippen LogP contribution in [0.4, 0.5) is 0 Å². The molecule has 1 amide bonds. The number of thiazole rings is 1. The first kappa shape index (κ1) is 17.4. The van der Waals surface area contributed by atoms with E-state index in [2.05, 4.69) is 4.98 Å². The Kier molecular flexibility index (Phi) is 6.55. The Labute approximate surface area is 141 Å². The standard InChI is InChI=1S/C17H23N3O2S/c1-13-6-3-4-7-15(13)22-11-5-10-20(2)17(21)14-12-23-16(19-14)8-9-18/h3-4,6-7,12H,5,8-11,18H2,1-2H3. The monoisotopic (exact) mass is 333 g/mol. The summed E-state index contributed by atoms with van der Waals surface area (Å²) < 4.78 is 5.74. The van der Waals surface area contributed by atoms with Crippen molar-refractivity contribution in [1.29, 1.82) is 0 Å². The van der Waals surface area contributed by atoms with E-state index in [1.54, 1.807) is 17.3 Å². The molecule has 124 valence electrons. The molecule has 0 aliphatic heterocycles. The van der Waals surface area contributed by atoms with E-state index in [1.807, 2.05) is 31.2 Å². The molecule has 1 heterocycles. The van der Waals surface area contributed by atoms with Gasteiger partial charge in [-0.2, -0.15) is 0 Å². The summed E-state index contributed by atoms with van der Waals surface area (Å²) in [6, 6.07) is 7.92. The van der Waals surface area contributed by atoms with Crippen molar-refractivity contribution in [2.75, 3.05) is 26.7 Å². The summed E-state index contributed by atoms with van der Waals surface area (Å²) >= 11 is 1.48. The van der Waals surface area contributed by atoms with E-state index in [0.29, 0.717) is 31.8 Å². The van der Waals surface area contributed by atoms with Crippen LogP contribution in [0.5, 0.6) is 5.75 Å². The van der Waals surface area contributed by atoms with Crippen LogP contribution in [-0.2, 0) is 6.42 Å². The molecule has 0 aliphatic rings. The van der Waals surface area contributed by atoms with Gasteiger partial charge >= 0.3 is 0 Å². The molecule has 0 fully saturated rings. The van der Waals surface area contributed by atoms with Crippen molar-refractivity contribution in [3.8, 4) is 5.75 Å². The molecule has 2 N–H and O–H groups in total. The van der Waals surface area contributed by atoms with Crippen molar-refractivity contribution in [2.45, 2.75) is 19.8 Å². The number of amides is 1. The number of benzene rings is 1. The first-order chi connectivity index (χ1) is 11.1. The number of aryl methyl sites for hydroxylation is 1. The molecule has 6 heteroatoms. The van der Waals surface area contributed by atoms with Crippen LogP contribution in [0.2, 0.25) is 0 Å². The van der Waals surface area contributed by atoms with Gasteiger partial charge in [-0.15, -0.1) is 11.3 Å². The van der Waals surface area contributed by atoms with Gasteiger partial charge in [0.1, 0.15) is 11.4 Å². The highest BCUT2D eigenvalue weighted by molar-refractivity contribution is 7.09. The molecule has 5 nitrogen and oxygen atoms in total. The maximum absolute atomic E-state index is 12.3. The second-order valence-electron chi connectivity index (χ2n) is 5.36. The Balaban J connectivity index is 1.76. The molecule has 1 aromatic heterocycles. The Morgan fingerprint density at radius 2 is 2.17 bits per heavy atom. The van der Waals surface area contributed by atoms with Crippen LogP contribution in [0.25, 0.3) is 0 Å². The number of aromatic nitrogens is 1. The number of hydrogen-bond acceptors (Lipinski definition) is 5. The van der Waals surface area contributed by atoms with E-state index in [1.165, 1.54) is 11.3 Å². The van der Waals surface area contributed by atoms with E-state index >= 15 is 0 Å². The fraction of sp³-hybridized carbons (Fsp3) is 0.412. The Hall–Kier alpha value is -1.92. The zero-order chi connectivity index (χ0) is 16.7. The zero-order valence-electron chi connectivity index (χ0n) is 13.6. The minimum atomic E-state index is -0.0552. The van der Waals surface area contributed by atoms with E-state index in [9.17, 15) is 4.79 Å². The average molecular weight is 333 g/mol. The van der Waals surface area contributed by atoms with Gasteiger partial charge in [-0.25, -0.2) is 4.98 Å². The van der Waals surface area contributed by atoms with E-state index < -0.39 is 0 Å². The number of nitrogens with zero attached hydrogens (tertiary/aromatic N) is 2. The lowest BCUT2D eigenvalue weighted by molar-refractivity contribution is 0.0782. The summed E-state index contributed by atoms with van der Waals surface area (Å²) in [5.41, 5.74) is 7.12.